The smallest absolute Gasteiger partial charge is 0.230 e. The van der Waals surface area contributed by atoms with E-state index in [1.807, 2.05) is 88.0 Å². The molecule has 2 heterocycles. The van der Waals surface area contributed by atoms with Crippen molar-refractivity contribution in [3.63, 3.8) is 0 Å². The van der Waals surface area contributed by atoms with Crippen LogP contribution in [0.25, 0.3) is 10.5 Å². The molecule has 0 bridgehead atoms. The molecule has 4 rings (SSSR count). The summed E-state index contributed by atoms with van der Waals surface area (Å²) in [4.78, 5) is 30.5. The van der Waals surface area contributed by atoms with Crippen molar-refractivity contribution in [1.29, 1.82) is 0 Å². The Hall–Kier alpha value is -2.35. The molecule has 1 unspecified atom stereocenters. The van der Waals surface area contributed by atoms with Gasteiger partial charge in [-0.25, -0.2) is 0 Å². The van der Waals surface area contributed by atoms with Crippen molar-refractivity contribution in [3.05, 3.63) is 68.8 Å². The molecule has 0 fully saturated rings. The maximum Gasteiger partial charge on any atom is 0.230 e. The third-order valence-electron chi connectivity index (χ3n) is 6.54. The molecule has 1 amide bonds. The third-order valence-corrected chi connectivity index (χ3v) is 9.99. The number of Topliss-reactive ketones (excluding diaryl/α,β-unsaturated/α-hetero) is 1. The third kappa shape index (κ3) is 4.69. The van der Waals surface area contributed by atoms with E-state index in [1.54, 1.807) is 18.7 Å². The number of rotatable bonds is 6. The number of thioether (sulfide) groups is 2. The van der Waals surface area contributed by atoms with Crippen LogP contribution < -0.4 is 9.64 Å². The second kappa shape index (κ2) is 10.6. The molecule has 2 aliphatic heterocycles. The van der Waals surface area contributed by atoms with Crippen LogP contribution in [0.1, 0.15) is 59.1 Å². The molecule has 2 aliphatic rings. The standard InChI is InChI=1S/C29H31NO3S3/c1-7-17(3)27(32)30-22-15-14-20(33-8-2)16-21(22)23(26(34)29(30,5)6)28-35-24(18(4)31)25(36-28)19-12-10-9-11-13-19/h9-17H,7-8H2,1-6H3/b28-23-. The highest BCUT2D eigenvalue weighted by molar-refractivity contribution is 8.32. The van der Waals surface area contributed by atoms with Crippen LogP contribution >= 0.6 is 35.7 Å². The van der Waals surface area contributed by atoms with Crippen LogP contribution in [0, 0.1) is 5.92 Å². The van der Waals surface area contributed by atoms with Gasteiger partial charge in [-0.15, -0.1) is 0 Å². The normalized spacial score (nSPS) is 19.8. The summed E-state index contributed by atoms with van der Waals surface area (Å²) in [5, 5.41) is 0. The van der Waals surface area contributed by atoms with Gasteiger partial charge in [0, 0.05) is 22.0 Å². The number of fused-ring (bicyclic) bond motifs is 1. The molecule has 0 N–H and O–H groups in total. The molecule has 188 valence electrons. The summed E-state index contributed by atoms with van der Waals surface area (Å²) >= 11 is 9.20. The highest BCUT2D eigenvalue weighted by atomic mass is 32.2. The largest absolute Gasteiger partial charge is 0.494 e. The van der Waals surface area contributed by atoms with Crippen LogP contribution in [-0.2, 0) is 9.59 Å². The number of hydrogen-bond donors (Lipinski definition) is 0. The van der Waals surface area contributed by atoms with Gasteiger partial charge < -0.3 is 9.64 Å². The lowest BCUT2D eigenvalue weighted by molar-refractivity contribution is -0.122. The van der Waals surface area contributed by atoms with E-state index in [-0.39, 0.29) is 17.6 Å². The molecule has 0 aliphatic carbocycles. The topological polar surface area (TPSA) is 46.6 Å². The zero-order chi connectivity index (χ0) is 26.2. The minimum atomic E-state index is -0.717. The van der Waals surface area contributed by atoms with Gasteiger partial charge in [0.05, 0.1) is 31.8 Å². The molecule has 7 heteroatoms. The Kier molecular flexibility index (Phi) is 7.83. The van der Waals surface area contributed by atoms with Crippen molar-refractivity contribution in [2.75, 3.05) is 11.5 Å². The fourth-order valence-corrected chi connectivity index (χ4v) is 7.59. The Morgan fingerprint density at radius 3 is 2.39 bits per heavy atom. The first-order chi connectivity index (χ1) is 17.1. The van der Waals surface area contributed by atoms with E-state index in [1.165, 1.54) is 11.8 Å². The van der Waals surface area contributed by atoms with Crippen LogP contribution in [0.3, 0.4) is 0 Å². The predicted molar refractivity (Wildman–Crippen MR) is 157 cm³/mol. The van der Waals surface area contributed by atoms with Crippen LogP contribution in [0.2, 0.25) is 0 Å². The molecular formula is C29H31NO3S3. The van der Waals surface area contributed by atoms with Crippen molar-refractivity contribution in [2.24, 2.45) is 5.92 Å². The number of allylic oxidation sites excluding steroid dienone is 1. The van der Waals surface area contributed by atoms with Gasteiger partial charge in [-0.3, -0.25) is 9.59 Å². The lowest BCUT2D eigenvalue weighted by Crippen LogP contribution is -2.57. The minimum Gasteiger partial charge on any atom is -0.494 e. The minimum absolute atomic E-state index is 0.0276. The quantitative estimate of drug-likeness (QED) is 0.278. The molecule has 1 atom stereocenters. The summed E-state index contributed by atoms with van der Waals surface area (Å²) in [7, 11) is 0. The van der Waals surface area contributed by atoms with Crippen molar-refractivity contribution in [3.8, 4) is 5.75 Å². The molecule has 4 nitrogen and oxygen atoms in total. The lowest BCUT2D eigenvalue weighted by atomic mass is 9.82. The van der Waals surface area contributed by atoms with E-state index in [9.17, 15) is 9.59 Å². The Bertz CT molecular complexity index is 1290. The van der Waals surface area contributed by atoms with E-state index in [2.05, 4.69) is 0 Å². The number of benzene rings is 2. The molecule has 2 aromatic rings. The summed E-state index contributed by atoms with van der Waals surface area (Å²) < 4.78 is 6.80. The Morgan fingerprint density at radius 2 is 1.78 bits per heavy atom. The summed E-state index contributed by atoms with van der Waals surface area (Å²) in [6.07, 6.45) is 0.747. The van der Waals surface area contributed by atoms with Gasteiger partial charge >= 0.3 is 0 Å². The maximum atomic E-state index is 13.6. The van der Waals surface area contributed by atoms with Crippen molar-refractivity contribution in [2.45, 2.75) is 53.5 Å². The summed E-state index contributed by atoms with van der Waals surface area (Å²) in [6, 6.07) is 15.8. The van der Waals surface area contributed by atoms with Crippen molar-refractivity contribution in [1.82, 2.24) is 0 Å². The van der Waals surface area contributed by atoms with Gasteiger partial charge in [-0.1, -0.05) is 79.9 Å². The van der Waals surface area contributed by atoms with E-state index in [0.29, 0.717) is 11.5 Å². The second-order valence-electron chi connectivity index (χ2n) is 9.43. The van der Waals surface area contributed by atoms with Crippen molar-refractivity contribution >= 4 is 68.5 Å². The van der Waals surface area contributed by atoms with Crippen LogP contribution in [-0.4, -0.2) is 28.7 Å². The number of thiocarbonyl (C=S) groups is 1. The van der Waals surface area contributed by atoms with Gasteiger partial charge in [-0.05, 0) is 57.9 Å². The number of hydrogen-bond acceptors (Lipinski definition) is 6. The van der Waals surface area contributed by atoms with E-state index in [4.69, 9.17) is 17.0 Å². The highest BCUT2D eigenvalue weighted by Gasteiger charge is 2.46. The fourth-order valence-electron chi connectivity index (χ4n) is 4.40. The Balaban J connectivity index is 1.94. The molecule has 0 saturated carbocycles. The number of ketones is 1. The van der Waals surface area contributed by atoms with Crippen LogP contribution in [0.15, 0.2) is 57.7 Å². The molecule has 0 spiro atoms. The summed E-state index contributed by atoms with van der Waals surface area (Å²) in [5.74, 6) is 0.675. The SMILES string of the molecule is CCOc1ccc2c(c1)/C(=C1\SC(C(C)=O)=C(c3ccccc3)S1)C(=S)C(C)(C)N2C(=O)C(C)CC. The van der Waals surface area contributed by atoms with Gasteiger partial charge in [0.15, 0.2) is 5.78 Å². The number of nitrogens with zero attached hydrogens (tertiary/aromatic N) is 1. The average molecular weight is 538 g/mol. The van der Waals surface area contributed by atoms with E-state index < -0.39 is 5.54 Å². The van der Waals surface area contributed by atoms with Gasteiger partial charge in [0.25, 0.3) is 0 Å². The number of carbonyl (C=O) groups is 2. The zero-order valence-corrected chi connectivity index (χ0v) is 24.0. The van der Waals surface area contributed by atoms with Crippen LogP contribution in [0.4, 0.5) is 5.69 Å². The first-order valence-corrected chi connectivity index (χ1v) is 14.2. The maximum absolute atomic E-state index is 13.6. The Morgan fingerprint density at radius 1 is 1.08 bits per heavy atom. The molecular weight excluding hydrogens is 507 g/mol. The number of ether oxygens (including phenoxy) is 1. The van der Waals surface area contributed by atoms with E-state index in [0.717, 1.165) is 48.6 Å². The molecule has 0 saturated heterocycles. The lowest BCUT2D eigenvalue weighted by Gasteiger charge is -2.46. The van der Waals surface area contributed by atoms with Gasteiger partial charge in [0.1, 0.15) is 5.75 Å². The van der Waals surface area contributed by atoms with Crippen molar-refractivity contribution < 1.29 is 14.3 Å². The summed E-state index contributed by atoms with van der Waals surface area (Å²) in [6.45, 7) is 12.1. The Labute approximate surface area is 227 Å². The second-order valence-corrected chi connectivity index (χ2v) is 12.1. The zero-order valence-electron chi connectivity index (χ0n) is 21.5. The number of anilines is 1. The molecule has 2 aromatic carbocycles. The predicted octanol–water partition coefficient (Wildman–Crippen LogP) is 7.73. The molecule has 0 radical (unpaired) electrons. The number of amides is 1. The highest BCUT2D eigenvalue weighted by Crippen LogP contribution is 2.58. The molecule has 0 aromatic heterocycles. The fraction of sp³-hybridized carbons (Fsp3) is 0.345. The molecule has 36 heavy (non-hydrogen) atoms. The van der Waals surface area contributed by atoms with Crippen LogP contribution in [0.5, 0.6) is 5.75 Å². The van der Waals surface area contributed by atoms with Gasteiger partial charge in [-0.2, -0.15) is 0 Å². The first-order valence-electron chi connectivity index (χ1n) is 12.2. The summed E-state index contributed by atoms with van der Waals surface area (Å²) in [5.41, 5.74) is 2.89. The van der Waals surface area contributed by atoms with Gasteiger partial charge in [0.2, 0.25) is 5.91 Å². The van der Waals surface area contributed by atoms with E-state index >= 15 is 0 Å². The monoisotopic (exact) mass is 537 g/mol. The average Bonchev–Trinajstić information content (AvgIpc) is 3.30. The first kappa shape index (κ1) is 26.7. The number of carbonyl (C=O) groups excluding carboxylic acids is 2.